The predicted molar refractivity (Wildman–Crippen MR) is 63.7 cm³/mol. The molecular weight excluding hydrogens is 240 g/mol. The van der Waals surface area contributed by atoms with Gasteiger partial charge in [0, 0.05) is 18.1 Å². The lowest BCUT2D eigenvalue weighted by molar-refractivity contribution is 0.0281. The van der Waals surface area contributed by atoms with Crippen molar-refractivity contribution in [3.05, 3.63) is 17.3 Å². The highest BCUT2D eigenvalue weighted by molar-refractivity contribution is 7.04. The number of hydrogen-bond acceptors (Lipinski definition) is 6. The van der Waals surface area contributed by atoms with Gasteiger partial charge in [-0.25, -0.2) is 4.68 Å². The van der Waals surface area contributed by atoms with Gasteiger partial charge >= 0.3 is 0 Å². The van der Waals surface area contributed by atoms with Crippen LogP contribution in [0.1, 0.15) is 5.69 Å². The van der Waals surface area contributed by atoms with Gasteiger partial charge < -0.3 is 9.47 Å². The standard InChI is InChI=1S/C10H14N4O2S/c1-8-9(6-17-12-8)10-5-14(13-11-10)7-16-4-3-15-2/h5-6H,3-4,7H2,1-2H3. The molecule has 0 aliphatic heterocycles. The van der Waals surface area contributed by atoms with Crippen LogP contribution in [0.3, 0.4) is 0 Å². The van der Waals surface area contributed by atoms with Crippen LogP contribution in [0.5, 0.6) is 0 Å². The maximum absolute atomic E-state index is 5.34. The Morgan fingerprint density at radius 3 is 3.00 bits per heavy atom. The zero-order chi connectivity index (χ0) is 12.1. The number of ether oxygens (including phenoxy) is 2. The van der Waals surface area contributed by atoms with Gasteiger partial charge in [-0.3, -0.25) is 0 Å². The maximum Gasteiger partial charge on any atom is 0.141 e. The average molecular weight is 254 g/mol. The van der Waals surface area contributed by atoms with Crippen LogP contribution >= 0.6 is 11.5 Å². The highest BCUT2D eigenvalue weighted by Crippen LogP contribution is 2.21. The summed E-state index contributed by atoms with van der Waals surface area (Å²) in [6.07, 6.45) is 1.85. The lowest BCUT2D eigenvalue weighted by Gasteiger charge is -2.01. The van der Waals surface area contributed by atoms with Crippen LogP contribution in [0.25, 0.3) is 11.3 Å². The van der Waals surface area contributed by atoms with E-state index in [1.54, 1.807) is 11.8 Å². The summed E-state index contributed by atoms with van der Waals surface area (Å²) >= 11 is 1.42. The normalized spacial score (nSPS) is 10.9. The van der Waals surface area contributed by atoms with Crippen molar-refractivity contribution in [3.63, 3.8) is 0 Å². The molecule has 0 spiro atoms. The quantitative estimate of drug-likeness (QED) is 0.728. The Bertz CT molecular complexity index is 468. The summed E-state index contributed by atoms with van der Waals surface area (Å²) in [5.74, 6) is 0. The summed E-state index contributed by atoms with van der Waals surface area (Å²) in [6.45, 7) is 3.47. The molecule has 92 valence electrons. The van der Waals surface area contributed by atoms with Crippen molar-refractivity contribution in [2.75, 3.05) is 20.3 Å². The van der Waals surface area contributed by atoms with Crippen LogP contribution in [0, 0.1) is 6.92 Å². The molecule has 6 nitrogen and oxygen atoms in total. The zero-order valence-corrected chi connectivity index (χ0v) is 10.6. The smallest absolute Gasteiger partial charge is 0.141 e. The van der Waals surface area contributed by atoms with E-state index < -0.39 is 0 Å². The largest absolute Gasteiger partial charge is 0.382 e. The molecule has 0 bridgehead atoms. The van der Waals surface area contributed by atoms with Gasteiger partial charge in [0.2, 0.25) is 0 Å². The lowest BCUT2D eigenvalue weighted by atomic mass is 10.2. The molecule has 0 aromatic carbocycles. The van der Waals surface area contributed by atoms with E-state index >= 15 is 0 Å². The topological polar surface area (TPSA) is 62.1 Å². The zero-order valence-electron chi connectivity index (χ0n) is 9.79. The van der Waals surface area contributed by atoms with Gasteiger partial charge in [0.25, 0.3) is 0 Å². The molecule has 0 N–H and O–H groups in total. The van der Waals surface area contributed by atoms with Gasteiger partial charge in [-0.05, 0) is 18.5 Å². The molecule has 0 saturated heterocycles. The number of rotatable bonds is 6. The first kappa shape index (κ1) is 12.2. The first-order valence-corrected chi connectivity index (χ1v) is 6.03. The van der Waals surface area contributed by atoms with Crippen molar-refractivity contribution < 1.29 is 9.47 Å². The molecule has 2 aromatic heterocycles. The second-order valence-corrected chi connectivity index (χ2v) is 4.12. The maximum atomic E-state index is 5.34. The molecule has 0 unspecified atom stereocenters. The van der Waals surface area contributed by atoms with E-state index in [1.165, 1.54) is 11.5 Å². The Kier molecular flexibility index (Phi) is 4.18. The molecule has 2 heterocycles. The van der Waals surface area contributed by atoms with E-state index in [2.05, 4.69) is 14.7 Å². The number of nitrogens with zero attached hydrogens (tertiary/aromatic N) is 4. The van der Waals surface area contributed by atoms with Crippen LogP contribution in [0.15, 0.2) is 11.6 Å². The van der Waals surface area contributed by atoms with Crippen molar-refractivity contribution in [1.29, 1.82) is 0 Å². The number of aryl methyl sites for hydroxylation is 1. The Balaban J connectivity index is 1.95. The van der Waals surface area contributed by atoms with Crippen molar-refractivity contribution in [3.8, 4) is 11.3 Å². The van der Waals surface area contributed by atoms with Gasteiger partial charge in [0.1, 0.15) is 12.4 Å². The molecule has 0 aliphatic rings. The van der Waals surface area contributed by atoms with Gasteiger partial charge in [-0.15, -0.1) is 5.10 Å². The second-order valence-electron chi connectivity index (χ2n) is 3.49. The SMILES string of the molecule is COCCOCn1cc(-c2csnc2C)nn1. The van der Waals surface area contributed by atoms with E-state index in [-0.39, 0.29) is 0 Å². The highest BCUT2D eigenvalue weighted by Gasteiger charge is 2.08. The number of hydrogen-bond donors (Lipinski definition) is 0. The summed E-state index contributed by atoms with van der Waals surface area (Å²) in [5.41, 5.74) is 2.83. The van der Waals surface area contributed by atoms with Crippen LogP contribution in [-0.2, 0) is 16.2 Å². The van der Waals surface area contributed by atoms with E-state index in [9.17, 15) is 0 Å². The third kappa shape index (κ3) is 3.09. The molecule has 0 amide bonds. The molecule has 2 rings (SSSR count). The van der Waals surface area contributed by atoms with E-state index in [1.807, 2.05) is 18.5 Å². The van der Waals surface area contributed by atoms with Crippen LogP contribution in [-0.4, -0.2) is 39.7 Å². The fourth-order valence-electron chi connectivity index (χ4n) is 1.32. The molecule has 7 heteroatoms. The van der Waals surface area contributed by atoms with Crippen LogP contribution in [0.4, 0.5) is 0 Å². The van der Waals surface area contributed by atoms with Crippen molar-refractivity contribution in [2.24, 2.45) is 0 Å². The first-order valence-electron chi connectivity index (χ1n) is 5.19. The fourth-order valence-corrected chi connectivity index (χ4v) is 2.03. The molecule has 0 atom stereocenters. The average Bonchev–Trinajstić information content (AvgIpc) is 2.93. The molecular formula is C10H14N4O2S. The molecule has 0 saturated carbocycles. The van der Waals surface area contributed by atoms with Gasteiger partial charge in [0.05, 0.1) is 25.1 Å². The van der Waals surface area contributed by atoms with Crippen LogP contribution in [0.2, 0.25) is 0 Å². The predicted octanol–water partition coefficient (Wildman–Crippen LogP) is 1.33. The fraction of sp³-hybridized carbons (Fsp3) is 0.500. The van der Waals surface area contributed by atoms with Gasteiger partial charge in [-0.1, -0.05) is 5.21 Å². The van der Waals surface area contributed by atoms with E-state index in [4.69, 9.17) is 9.47 Å². The van der Waals surface area contributed by atoms with Crippen molar-refractivity contribution in [2.45, 2.75) is 13.7 Å². The summed E-state index contributed by atoms with van der Waals surface area (Å²) in [5, 5.41) is 10.0. The Hall–Kier alpha value is -1.31. The minimum atomic E-state index is 0.382. The summed E-state index contributed by atoms with van der Waals surface area (Å²) in [4.78, 5) is 0. The van der Waals surface area contributed by atoms with Crippen LogP contribution < -0.4 is 0 Å². The third-order valence-electron chi connectivity index (χ3n) is 2.22. The molecule has 0 aliphatic carbocycles. The molecule has 17 heavy (non-hydrogen) atoms. The Labute approximate surface area is 103 Å². The monoisotopic (exact) mass is 254 g/mol. The summed E-state index contributed by atoms with van der Waals surface area (Å²) in [6, 6.07) is 0. The highest BCUT2D eigenvalue weighted by atomic mass is 32.1. The minimum Gasteiger partial charge on any atom is -0.382 e. The summed E-state index contributed by atoms with van der Waals surface area (Å²) in [7, 11) is 1.64. The van der Waals surface area contributed by atoms with Gasteiger partial charge in [0.15, 0.2) is 0 Å². The van der Waals surface area contributed by atoms with Crippen molar-refractivity contribution >= 4 is 11.5 Å². The molecule has 0 fully saturated rings. The first-order chi connectivity index (χ1) is 8.31. The van der Waals surface area contributed by atoms with Crippen molar-refractivity contribution in [1.82, 2.24) is 19.4 Å². The third-order valence-corrected chi connectivity index (χ3v) is 2.94. The van der Waals surface area contributed by atoms with Gasteiger partial charge in [-0.2, -0.15) is 4.37 Å². The Morgan fingerprint density at radius 1 is 1.41 bits per heavy atom. The minimum absolute atomic E-state index is 0.382. The number of methoxy groups -OCH3 is 1. The molecule has 0 radical (unpaired) electrons. The lowest BCUT2D eigenvalue weighted by Crippen LogP contribution is -2.07. The summed E-state index contributed by atoms with van der Waals surface area (Å²) < 4.78 is 16.1. The van der Waals surface area contributed by atoms with E-state index in [0.717, 1.165) is 17.0 Å². The second kappa shape index (κ2) is 5.85. The molecule has 2 aromatic rings. The van der Waals surface area contributed by atoms with E-state index in [0.29, 0.717) is 19.9 Å². The Morgan fingerprint density at radius 2 is 2.29 bits per heavy atom. The number of aromatic nitrogens is 4.